The quantitative estimate of drug-likeness (QED) is 0.475. The average Bonchev–Trinajstić information content (AvgIpc) is 2.29. The molecule has 4 N–H and O–H groups in total. The van der Waals surface area contributed by atoms with Gasteiger partial charge in [0, 0.05) is 6.54 Å². The van der Waals surface area contributed by atoms with Crippen LogP contribution in [0, 0.1) is 0 Å². The van der Waals surface area contributed by atoms with Crippen LogP contribution in [0.15, 0.2) is 0 Å². The molecule has 1 rings (SSSR count). The second-order valence-corrected chi connectivity index (χ2v) is 3.13. The molecule has 6 nitrogen and oxygen atoms in total. The SMILES string of the molecule is NC(=O)C1CC(O)CN1CC(=O)O. The van der Waals surface area contributed by atoms with Gasteiger partial charge in [0.15, 0.2) is 0 Å². The van der Waals surface area contributed by atoms with Crippen LogP contribution in [0.25, 0.3) is 0 Å². The Balaban J connectivity index is 2.60. The summed E-state index contributed by atoms with van der Waals surface area (Å²) in [4.78, 5) is 22.5. The van der Waals surface area contributed by atoms with E-state index in [1.165, 1.54) is 4.90 Å². The Hall–Kier alpha value is -1.14. The lowest BCUT2D eigenvalue weighted by Crippen LogP contribution is -2.42. The summed E-state index contributed by atoms with van der Waals surface area (Å²) >= 11 is 0. The summed E-state index contributed by atoms with van der Waals surface area (Å²) in [5.41, 5.74) is 5.04. The number of primary amides is 1. The van der Waals surface area contributed by atoms with Gasteiger partial charge in [-0.25, -0.2) is 0 Å². The number of hydrogen-bond donors (Lipinski definition) is 3. The minimum atomic E-state index is -1.03. The number of carbonyl (C=O) groups excluding carboxylic acids is 1. The molecule has 1 aliphatic rings. The fraction of sp³-hybridized carbons (Fsp3) is 0.714. The lowest BCUT2D eigenvalue weighted by molar-refractivity contribution is -0.139. The predicted molar refractivity (Wildman–Crippen MR) is 42.8 cm³/mol. The summed E-state index contributed by atoms with van der Waals surface area (Å²) in [7, 11) is 0. The van der Waals surface area contributed by atoms with Crippen LogP contribution in [0.5, 0.6) is 0 Å². The van der Waals surface area contributed by atoms with Gasteiger partial charge in [-0.15, -0.1) is 0 Å². The maximum Gasteiger partial charge on any atom is 0.317 e. The molecular weight excluding hydrogens is 176 g/mol. The Morgan fingerprint density at radius 2 is 2.15 bits per heavy atom. The maximum atomic E-state index is 10.8. The van der Waals surface area contributed by atoms with Crippen LogP contribution < -0.4 is 5.73 Å². The second kappa shape index (κ2) is 3.71. The number of nitrogens with two attached hydrogens (primary N) is 1. The van der Waals surface area contributed by atoms with Crippen molar-refractivity contribution in [3.05, 3.63) is 0 Å². The molecule has 0 saturated carbocycles. The average molecular weight is 188 g/mol. The molecule has 6 heteroatoms. The molecule has 0 radical (unpaired) electrons. The van der Waals surface area contributed by atoms with Gasteiger partial charge in [-0.1, -0.05) is 0 Å². The minimum Gasteiger partial charge on any atom is -0.480 e. The van der Waals surface area contributed by atoms with Gasteiger partial charge in [0.25, 0.3) is 0 Å². The first-order valence-electron chi connectivity index (χ1n) is 3.94. The van der Waals surface area contributed by atoms with Gasteiger partial charge >= 0.3 is 5.97 Å². The normalized spacial score (nSPS) is 29.0. The zero-order valence-corrected chi connectivity index (χ0v) is 7.01. The van der Waals surface area contributed by atoms with E-state index in [2.05, 4.69) is 0 Å². The molecule has 0 spiro atoms. The van der Waals surface area contributed by atoms with Crippen LogP contribution in [0.4, 0.5) is 0 Å². The number of β-amino-alcohol motifs (C(OH)–C–C–N with tert-alkyl or cyclic N) is 1. The number of aliphatic hydroxyl groups excluding tert-OH is 1. The standard InChI is InChI=1S/C7H12N2O4/c8-7(13)5-1-4(10)2-9(5)3-6(11)12/h4-5,10H,1-3H2,(H2,8,13)(H,11,12). The molecule has 0 aromatic heterocycles. The molecule has 2 atom stereocenters. The third-order valence-corrected chi connectivity index (χ3v) is 2.05. The summed E-state index contributed by atoms with van der Waals surface area (Å²) < 4.78 is 0. The van der Waals surface area contributed by atoms with Crippen molar-refractivity contribution in [2.75, 3.05) is 13.1 Å². The Kier molecular flexibility index (Phi) is 2.84. The number of carboxylic acid groups (broad SMARTS) is 1. The zero-order chi connectivity index (χ0) is 10.0. The van der Waals surface area contributed by atoms with Crippen LogP contribution in [-0.2, 0) is 9.59 Å². The van der Waals surface area contributed by atoms with E-state index in [0.29, 0.717) is 0 Å². The van der Waals surface area contributed by atoms with Gasteiger partial charge in [-0.3, -0.25) is 14.5 Å². The molecular formula is C7H12N2O4. The van der Waals surface area contributed by atoms with Crippen LogP contribution in [0.1, 0.15) is 6.42 Å². The first kappa shape index (κ1) is 9.94. The van der Waals surface area contributed by atoms with E-state index >= 15 is 0 Å². The van der Waals surface area contributed by atoms with Crippen LogP contribution in [0.2, 0.25) is 0 Å². The summed E-state index contributed by atoms with van der Waals surface area (Å²) in [5.74, 6) is -1.61. The third kappa shape index (κ3) is 2.40. The number of carboxylic acids is 1. The highest BCUT2D eigenvalue weighted by Gasteiger charge is 2.35. The van der Waals surface area contributed by atoms with Crippen molar-refractivity contribution in [3.63, 3.8) is 0 Å². The van der Waals surface area contributed by atoms with Gasteiger partial charge in [-0.2, -0.15) is 0 Å². The van der Waals surface area contributed by atoms with E-state index in [9.17, 15) is 14.7 Å². The Bertz CT molecular complexity index is 231. The molecule has 1 fully saturated rings. The number of aliphatic hydroxyl groups is 1. The van der Waals surface area contributed by atoms with Crippen molar-refractivity contribution in [3.8, 4) is 0 Å². The van der Waals surface area contributed by atoms with Gasteiger partial charge in [-0.05, 0) is 6.42 Å². The highest BCUT2D eigenvalue weighted by atomic mass is 16.4. The summed E-state index contributed by atoms with van der Waals surface area (Å²) in [6, 6.07) is -0.647. The van der Waals surface area contributed by atoms with Crippen molar-refractivity contribution in [2.24, 2.45) is 5.73 Å². The molecule has 0 aliphatic carbocycles. The van der Waals surface area contributed by atoms with E-state index < -0.39 is 24.0 Å². The highest BCUT2D eigenvalue weighted by molar-refractivity contribution is 5.81. The smallest absolute Gasteiger partial charge is 0.317 e. The minimum absolute atomic E-state index is 0.194. The molecule has 0 bridgehead atoms. The Morgan fingerprint density at radius 1 is 1.54 bits per heavy atom. The second-order valence-electron chi connectivity index (χ2n) is 3.13. The number of amides is 1. The number of aliphatic carboxylic acids is 1. The molecule has 13 heavy (non-hydrogen) atoms. The lowest BCUT2D eigenvalue weighted by atomic mass is 10.2. The molecule has 1 saturated heterocycles. The van der Waals surface area contributed by atoms with Crippen LogP contribution in [0.3, 0.4) is 0 Å². The number of nitrogens with zero attached hydrogens (tertiary/aromatic N) is 1. The fourth-order valence-corrected chi connectivity index (χ4v) is 1.52. The van der Waals surface area contributed by atoms with Gasteiger partial charge in [0.2, 0.25) is 5.91 Å². The highest BCUT2D eigenvalue weighted by Crippen LogP contribution is 2.16. The summed E-state index contributed by atoms with van der Waals surface area (Å²) in [6.45, 7) is -0.0649. The van der Waals surface area contributed by atoms with Crippen LogP contribution in [-0.4, -0.2) is 52.2 Å². The number of hydrogen-bond acceptors (Lipinski definition) is 4. The van der Waals surface area contributed by atoms with E-state index in [0.717, 1.165) is 0 Å². The van der Waals surface area contributed by atoms with Crippen molar-refractivity contribution >= 4 is 11.9 Å². The first-order valence-corrected chi connectivity index (χ1v) is 3.94. The Morgan fingerprint density at radius 3 is 2.62 bits per heavy atom. The van der Waals surface area contributed by atoms with Crippen molar-refractivity contribution in [1.82, 2.24) is 4.90 Å². The Labute approximate surface area is 74.9 Å². The van der Waals surface area contributed by atoms with Crippen molar-refractivity contribution < 1.29 is 19.8 Å². The van der Waals surface area contributed by atoms with E-state index in [1.807, 2.05) is 0 Å². The monoisotopic (exact) mass is 188 g/mol. The fourth-order valence-electron chi connectivity index (χ4n) is 1.52. The summed E-state index contributed by atoms with van der Waals surface area (Å²) in [5, 5.41) is 17.7. The third-order valence-electron chi connectivity index (χ3n) is 2.05. The molecule has 74 valence electrons. The molecule has 1 aliphatic heterocycles. The number of likely N-dealkylation sites (tertiary alicyclic amines) is 1. The summed E-state index contributed by atoms with van der Waals surface area (Å²) in [6.07, 6.45) is -0.431. The van der Waals surface area contributed by atoms with E-state index in [-0.39, 0.29) is 19.5 Å². The zero-order valence-electron chi connectivity index (χ0n) is 7.01. The lowest BCUT2D eigenvalue weighted by Gasteiger charge is -2.18. The molecule has 0 aromatic carbocycles. The van der Waals surface area contributed by atoms with Gasteiger partial charge in [0.05, 0.1) is 18.7 Å². The number of carbonyl (C=O) groups is 2. The van der Waals surface area contributed by atoms with Crippen molar-refractivity contribution in [2.45, 2.75) is 18.6 Å². The van der Waals surface area contributed by atoms with E-state index in [4.69, 9.17) is 10.8 Å². The number of rotatable bonds is 3. The molecule has 2 unspecified atom stereocenters. The largest absolute Gasteiger partial charge is 0.480 e. The van der Waals surface area contributed by atoms with Crippen LogP contribution >= 0.6 is 0 Å². The van der Waals surface area contributed by atoms with Gasteiger partial charge in [0.1, 0.15) is 0 Å². The molecule has 1 amide bonds. The molecule has 0 aromatic rings. The molecule has 1 heterocycles. The van der Waals surface area contributed by atoms with Crippen molar-refractivity contribution in [1.29, 1.82) is 0 Å². The van der Waals surface area contributed by atoms with E-state index in [1.54, 1.807) is 0 Å². The van der Waals surface area contributed by atoms with Gasteiger partial charge < -0.3 is 15.9 Å². The predicted octanol–water partition coefficient (Wildman–Crippen LogP) is -2.01. The maximum absolute atomic E-state index is 10.8. The topological polar surface area (TPSA) is 104 Å². The first-order chi connectivity index (χ1) is 6.00.